The lowest BCUT2D eigenvalue weighted by Crippen LogP contribution is -2.15. The van der Waals surface area contributed by atoms with Gasteiger partial charge in [-0.2, -0.15) is 0 Å². The first-order valence-corrected chi connectivity index (χ1v) is 11.1. The molecule has 0 bridgehead atoms. The molecule has 0 fully saturated rings. The SMILES string of the molecule is [2H]C([2H])(c1cc(Cl)ccc1NS(=O)(=O)c1ccc(S(C)(=O)=O)cc1)C(C)C. The van der Waals surface area contributed by atoms with Gasteiger partial charge in [-0.05, 0) is 60.3 Å². The fourth-order valence-electron chi connectivity index (χ4n) is 2.11. The lowest BCUT2D eigenvalue weighted by molar-refractivity contribution is 0.597. The number of hydrogen-bond acceptors (Lipinski definition) is 4. The Hall–Kier alpha value is -1.57. The number of sulfone groups is 1. The second-order valence-electron chi connectivity index (χ2n) is 5.84. The van der Waals surface area contributed by atoms with E-state index in [0.717, 1.165) is 6.26 Å². The van der Waals surface area contributed by atoms with Crippen LogP contribution in [0.4, 0.5) is 5.69 Å². The predicted octanol–water partition coefficient (Wildman–Crippen LogP) is 3.74. The van der Waals surface area contributed by atoms with E-state index in [2.05, 4.69) is 4.72 Å². The summed E-state index contributed by atoms with van der Waals surface area (Å²) in [4.78, 5) is -0.134. The Kier molecular flexibility index (Phi) is 4.96. The van der Waals surface area contributed by atoms with Gasteiger partial charge in [0, 0.05) is 14.0 Å². The fraction of sp³-hybridized carbons (Fsp3) is 0.294. The molecule has 0 aliphatic heterocycles. The lowest BCUT2D eigenvalue weighted by Gasteiger charge is -2.15. The van der Waals surface area contributed by atoms with E-state index in [1.807, 2.05) is 0 Å². The van der Waals surface area contributed by atoms with E-state index in [-0.39, 0.29) is 26.1 Å². The van der Waals surface area contributed by atoms with Crippen molar-refractivity contribution in [2.75, 3.05) is 11.0 Å². The highest BCUT2D eigenvalue weighted by atomic mass is 35.5. The molecule has 0 heterocycles. The Balaban J connectivity index is 2.47. The predicted molar refractivity (Wildman–Crippen MR) is 100 cm³/mol. The number of sulfonamides is 1. The molecule has 0 unspecified atom stereocenters. The van der Waals surface area contributed by atoms with Crippen LogP contribution in [-0.4, -0.2) is 23.1 Å². The Morgan fingerprint density at radius 3 is 2.12 bits per heavy atom. The zero-order valence-corrected chi connectivity index (χ0v) is 16.3. The maximum absolute atomic E-state index is 12.7. The number of anilines is 1. The van der Waals surface area contributed by atoms with Crippen molar-refractivity contribution >= 4 is 37.1 Å². The summed E-state index contributed by atoms with van der Waals surface area (Å²) in [6.45, 7) is 3.37. The molecule has 0 spiro atoms. The van der Waals surface area contributed by atoms with E-state index < -0.39 is 32.2 Å². The maximum Gasteiger partial charge on any atom is 0.261 e. The van der Waals surface area contributed by atoms with E-state index in [4.69, 9.17) is 14.3 Å². The average molecular weight is 404 g/mol. The molecule has 0 atom stereocenters. The summed E-state index contributed by atoms with van der Waals surface area (Å²) >= 11 is 5.98. The van der Waals surface area contributed by atoms with Gasteiger partial charge in [0.15, 0.2) is 9.84 Å². The Labute approximate surface area is 156 Å². The van der Waals surface area contributed by atoms with E-state index >= 15 is 0 Å². The normalized spacial score (nSPS) is 14.1. The van der Waals surface area contributed by atoms with Crippen LogP contribution in [0.1, 0.15) is 22.2 Å². The minimum absolute atomic E-state index is 0.00442. The molecule has 0 aliphatic rings. The van der Waals surface area contributed by atoms with Crippen molar-refractivity contribution < 1.29 is 19.6 Å². The molecule has 0 amide bonds. The topological polar surface area (TPSA) is 80.3 Å². The van der Waals surface area contributed by atoms with Crippen molar-refractivity contribution in [1.29, 1.82) is 0 Å². The molecular weight excluding hydrogens is 382 g/mol. The number of halogens is 1. The third-order valence-corrected chi connectivity index (χ3v) is 5.98. The lowest BCUT2D eigenvalue weighted by atomic mass is 10.0. The quantitative estimate of drug-likeness (QED) is 0.796. The number of rotatable bonds is 6. The molecule has 2 aromatic carbocycles. The summed E-state index contributed by atoms with van der Waals surface area (Å²) in [5.74, 6) is -0.423. The van der Waals surface area contributed by atoms with Crippen LogP contribution >= 0.6 is 11.6 Å². The summed E-state index contributed by atoms with van der Waals surface area (Å²) in [5, 5.41) is 0.287. The van der Waals surface area contributed by atoms with Gasteiger partial charge < -0.3 is 0 Å². The second kappa shape index (κ2) is 7.35. The first-order chi connectivity index (χ1) is 12.2. The molecule has 0 aromatic heterocycles. The third-order valence-electron chi connectivity index (χ3n) is 3.23. The van der Waals surface area contributed by atoms with Crippen LogP contribution in [0.3, 0.4) is 0 Å². The van der Waals surface area contributed by atoms with Crippen molar-refractivity contribution in [3.05, 3.63) is 53.1 Å². The molecule has 2 aromatic rings. The van der Waals surface area contributed by atoms with E-state index in [0.29, 0.717) is 0 Å². The highest BCUT2D eigenvalue weighted by Crippen LogP contribution is 2.26. The van der Waals surface area contributed by atoms with Crippen LogP contribution in [-0.2, 0) is 26.2 Å². The molecule has 0 aliphatic carbocycles. The van der Waals surface area contributed by atoms with Crippen LogP contribution in [0.5, 0.6) is 0 Å². The van der Waals surface area contributed by atoms with Crippen molar-refractivity contribution in [3.63, 3.8) is 0 Å². The van der Waals surface area contributed by atoms with Gasteiger partial charge in [-0.15, -0.1) is 0 Å². The second-order valence-corrected chi connectivity index (χ2v) is 9.97. The van der Waals surface area contributed by atoms with Crippen molar-refractivity contribution in [2.24, 2.45) is 5.92 Å². The van der Waals surface area contributed by atoms with Gasteiger partial charge in [0.25, 0.3) is 10.0 Å². The molecule has 0 saturated carbocycles. The fourth-order valence-corrected chi connectivity index (χ4v) is 3.99. The molecule has 136 valence electrons. The summed E-state index contributed by atoms with van der Waals surface area (Å²) in [7, 11) is -7.50. The molecule has 0 radical (unpaired) electrons. The highest BCUT2D eigenvalue weighted by Gasteiger charge is 2.18. The van der Waals surface area contributed by atoms with E-state index in [9.17, 15) is 16.8 Å². The maximum atomic E-state index is 12.7. The van der Waals surface area contributed by atoms with Crippen LogP contribution < -0.4 is 4.72 Å². The summed E-state index contributed by atoms with van der Waals surface area (Å²) in [5.41, 5.74) is 0.201. The van der Waals surface area contributed by atoms with Gasteiger partial charge in [0.05, 0.1) is 15.5 Å². The molecule has 8 heteroatoms. The largest absolute Gasteiger partial charge is 0.279 e. The third kappa shape index (κ3) is 5.20. The number of nitrogens with one attached hydrogen (secondary N) is 1. The zero-order valence-electron chi connectivity index (χ0n) is 15.9. The summed E-state index contributed by atoms with van der Waals surface area (Å²) in [6, 6.07) is 9.05. The van der Waals surface area contributed by atoms with Gasteiger partial charge in [-0.25, -0.2) is 16.8 Å². The zero-order chi connectivity index (χ0) is 20.6. The van der Waals surface area contributed by atoms with Gasteiger partial charge in [0.2, 0.25) is 0 Å². The van der Waals surface area contributed by atoms with Crippen LogP contribution in [0.15, 0.2) is 52.3 Å². The Morgan fingerprint density at radius 1 is 1.04 bits per heavy atom. The molecule has 25 heavy (non-hydrogen) atoms. The van der Waals surface area contributed by atoms with Crippen molar-refractivity contribution in [2.45, 2.75) is 30.0 Å². The first-order valence-electron chi connectivity index (χ1n) is 8.38. The molecule has 2 rings (SSSR count). The smallest absolute Gasteiger partial charge is 0.261 e. The first kappa shape index (κ1) is 16.9. The summed E-state index contributed by atoms with van der Waals surface area (Å²) in [6.07, 6.45) is -0.786. The van der Waals surface area contributed by atoms with Gasteiger partial charge in [0.1, 0.15) is 0 Å². The minimum atomic E-state index is -4.05. The minimum Gasteiger partial charge on any atom is -0.279 e. The van der Waals surface area contributed by atoms with E-state index in [1.165, 1.54) is 42.5 Å². The molecular formula is C17H20ClNO4S2. The van der Waals surface area contributed by atoms with Crippen LogP contribution in [0, 0.1) is 5.92 Å². The average Bonchev–Trinajstić information content (AvgIpc) is 2.55. The number of hydrogen-bond donors (Lipinski definition) is 1. The molecule has 1 N–H and O–H groups in total. The number of benzene rings is 2. The monoisotopic (exact) mass is 403 g/mol. The van der Waals surface area contributed by atoms with Gasteiger partial charge in [-0.1, -0.05) is 25.4 Å². The Morgan fingerprint density at radius 2 is 1.60 bits per heavy atom. The molecule has 0 saturated heterocycles. The van der Waals surface area contributed by atoms with Crippen LogP contribution in [0.25, 0.3) is 0 Å². The summed E-state index contributed by atoms with van der Waals surface area (Å²) < 4.78 is 67.3. The molecule has 5 nitrogen and oxygen atoms in total. The highest BCUT2D eigenvalue weighted by molar-refractivity contribution is 7.92. The van der Waals surface area contributed by atoms with Crippen LogP contribution in [0.2, 0.25) is 5.02 Å². The van der Waals surface area contributed by atoms with Gasteiger partial charge >= 0.3 is 0 Å². The van der Waals surface area contributed by atoms with E-state index in [1.54, 1.807) is 13.8 Å². The van der Waals surface area contributed by atoms with Crippen molar-refractivity contribution in [1.82, 2.24) is 0 Å². The standard InChI is InChI=1S/C17H20ClNO4S2/c1-12(2)10-13-11-14(18)4-9-17(13)19-25(22,23)16-7-5-15(6-8-16)24(3,20)21/h4-9,11-12,19H,10H2,1-3H3/i10D2. The van der Waals surface area contributed by atoms with Gasteiger partial charge in [-0.3, -0.25) is 4.72 Å². The van der Waals surface area contributed by atoms with Crippen molar-refractivity contribution in [3.8, 4) is 0 Å². The Bertz CT molecular complexity index is 1050.